The summed E-state index contributed by atoms with van der Waals surface area (Å²) in [4.78, 5) is 36.1. The molecule has 196 valence electrons. The van der Waals surface area contributed by atoms with Gasteiger partial charge >= 0.3 is 6.03 Å². The van der Waals surface area contributed by atoms with Crippen molar-refractivity contribution in [1.82, 2.24) is 10.2 Å². The Morgan fingerprint density at radius 2 is 1.81 bits per heavy atom. The Hall–Kier alpha value is -3.23. The number of nitrogens with one attached hydrogen (secondary N) is 2. The lowest BCUT2D eigenvalue weighted by molar-refractivity contribution is -0.120. The van der Waals surface area contributed by atoms with Crippen molar-refractivity contribution in [2.75, 3.05) is 49.6 Å². The highest BCUT2D eigenvalue weighted by Crippen LogP contribution is 2.34. The predicted octanol–water partition coefficient (Wildman–Crippen LogP) is 4.19. The number of nitrogens with zero attached hydrogens (tertiary/aromatic N) is 3. The molecule has 2 N–H and O–H groups in total. The lowest BCUT2D eigenvalue weighted by Gasteiger charge is -2.31. The van der Waals surface area contributed by atoms with Gasteiger partial charge in [-0.25, -0.2) is 4.79 Å². The van der Waals surface area contributed by atoms with Gasteiger partial charge in [0.15, 0.2) is 0 Å². The van der Waals surface area contributed by atoms with E-state index in [2.05, 4.69) is 21.6 Å². The fourth-order valence-corrected chi connectivity index (χ4v) is 5.56. The van der Waals surface area contributed by atoms with Gasteiger partial charge in [-0.05, 0) is 43.5 Å². The zero-order valence-electron chi connectivity index (χ0n) is 21.6. The molecule has 5 rings (SSSR count). The maximum absolute atomic E-state index is 14.0. The SMILES string of the molecule is Cc1cccc(NC(=O)N[C@@H]2N=C(C3CCCCC3)c3ccccc3N(CCN3CCOCC3)C2=O)c1. The molecule has 8 heteroatoms. The van der Waals surface area contributed by atoms with Crippen molar-refractivity contribution in [3.05, 3.63) is 59.7 Å². The van der Waals surface area contributed by atoms with E-state index in [1.54, 1.807) is 0 Å². The number of carbonyl (C=O) groups is 2. The van der Waals surface area contributed by atoms with Crippen molar-refractivity contribution in [3.8, 4) is 0 Å². The van der Waals surface area contributed by atoms with Crippen molar-refractivity contribution in [2.24, 2.45) is 10.9 Å². The predicted molar refractivity (Wildman–Crippen MR) is 146 cm³/mol. The fourth-order valence-electron chi connectivity index (χ4n) is 5.56. The molecule has 0 bridgehead atoms. The number of aliphatic imine (C=N–C) groups is 1. The van der Waals surface area contributed by atoms with E-state index in [1.807, 2.05) is 54.3 Å². The van der Waals surface area contributed by atoms with Gasteiger partial charge in [-0.3, -0.25) is 14.7 Å². The Bertz CT molecular complexity index is 1140. The second-order valence-electron chi connectivity index (χ2n) is 10.2. The summed E-state index contributed by atoms with van der Waals surface area (Å²) < 4.78 is 5.49. The molecular formula is C29H37N5O3. The van der Waals surface area contributed by atoms with Gasteiger partial charge in [0.1, 0.15) is 0 Å². The van der Waals surface area contributed by atoms with Crippen LogP contribution in [0.4, 0.5) is 16.2 Å². The van der Waals surface area contributed by atoms with Crippen LogP contribution in [0, 0.1) is 12.8 Å². The third-order valence-electron chi connectivity index (χ3n) is 7.52. The number of ether oxygens (including phenoxy) is 1. The quantitative estimate of drug-likeness (QED) is 0.619. The molecule has 0 aromatic heterocycles. The first kappa shape index (κ1) is 25.4. The second kappa shape index (κ2) is 11.9. The molecule has 1 saturated carbocycles. The maximum Gasteiger partial charge on any atom is 0.321 e. The van der Waals surface area contributed by atoms with E-state index in [-0.39, 0.29) is 11.8 Å². The van der Waals surface area contributed by atoms with Gasteiger partial charge in [0.2, 0.25) is 6.17 Å². The van der Waals surface area contributed by atoms with E-state index in [0.29, 0.717) is 25.4 Å². The second-order valence-corrected chi connectivity index (χ2v) is 10.2. The van der Waals surface area contributed by atoms with E-state index in [9.17, 15) is 9.59 Å². The molecule has 1 atom stereocenters. The number of hydrogen-bond donors (Lipinski definition) is 2. The van der Waals surface area contributed by atoms with Crippen LogP contribution in [-0.2, 0) is 9.53 Å². The lowest BCUT2D eigenvalue weighted by atomic mass is 9.83. The molecule has 1 saturated heterocycles. The summed E-state index contributed by atoms with van der Waals surface area (Å²) in [5.74, 6) is 0.0805. The Labute approximate surface area is 219 Å². The number of para-hydroxylation sites is 1. The molecule has 0 radical (unpaired) electrons. The number of hydrogen-bond acceptors (Lipinski definition) is 5. The van der Waals surface area contributed by atoms with Crippen molar-refractivity contribution >= 4 is 29.0 Å². The normalized spacial score (nSPS) is 21.1. The number of fused-ring (bicyclic) bond motifs is 1. The highest BCUT2D eigenvalue weighted by molar-refractivity contribution is 6.14. The molecule has 8 nitrogen and oxygen atoms in total. The van der Waals surface area contributed by atoms with Crippen molar-refractivity contribution in [3.63, 3.8) is 0 Å². The minimum atomic E-state index is -0.987. The van der Waals surface area contributed by atoms with Gasteiger partial charge in [-0.15, -0.1) is 0 Å². The van der Waals surface area contributed by atoms with E-state index >= 15 is 0 Å². The maximum atomic E-state index is 14.0. The number of amides is 3. The zero-order chi connectivity index (χ0) is 25.6. The Kier molecular flexibility index (Phi) is 8.16. The third kappa shape index (κ3) is 6.19. The lowest BCUT2D eigenvalue weighted by Crippen LogP contribution is -2.51. The molecular weight excluding hydrogens is 466 g/mol. The zero-order valence-corrected chi connectivity index (χ0v) is 21.6. The average Bonchev–Trinajstić information content (AvgIpc) is 3.03. The molecule has 0 spiro atoms. The highest BCUT2D eigenvalue weighted by Gasteiger charge is 2.35. The number of aryl methyl sites for hydroxylation is 1. The Morgan fingerprint density at radius 3 is 2.59 bits per heavy atom. The van der Waals surface area contributed by atoms with Crippen molar-refractivity contribution in [1.29, 1.82) is 0 Å². The van der Waals surface area contributed by atoms with Crippen molar-refractivity contribution < 1.29 is 14.3 Å². The number of benzene rings is 2. The number of rotatable bonds is 6. The fraction of sp³-hybridized carbons (Fsp3) is 0.483. The molecule has 37 heavy (non-hydrogen) atoms. The minimum absolute atomic E-state index is 0.203. The third-order valence-corrected chi connectivity index (χ3v) is 7.52. The van der Waals surface area contributed by atoms with Crippen LogP contribution in [0.3, 0.4) is 0 Å². The molecule has 2 aromatic rings. The molecule has 2 aliphatic heterocycles. The first-order valence-corrected chi connectivity index (χ1v) is 13.5. The summed E-state index contributed by atoms with van der Waals surface area (Å²) in [6.45, 7) is 6.38. The number of benzodiazepines with no additional fused rings is 1. The molecule has 2 heterocycles. The van der Waals surface area contributed by atoms with Gasteiger partial charge in [-0.1, -0.05) is 49.6 Å². The first-order valence-electron chi connectivity index (χ1n) is 13.5. The van der Waals surface area contributed by atoms with Gasteiger partial charge in [0.05, 0.1) is 24.6 Å². The van der Waals surface area contributed by atoms with Gasteiger partial charge in [0, 0.05) is 43.3 Å². The van der Waals surface area contributed by atoms with Crippen LogP contribution < -0.4 is 15.5 Å². The molecule has 2 fully saturated rings. The molecule has 0 unspecified atom stereocenters. The summed E-state index contributed by atoms with van der Waals surface area (Å²) >= 11 is 0. The van der Waals surface area contributed by atoms with Crippen LogP contribution >= 0.6 is 0 Å². The Morgan fingerprint density at radius 1 is 1.03 bits per heavy atom. The van der Waals surface area contributed by atoms with E-state index in [0.717, 1.165) is 67.8 Å². The summed E-state index contributed by atoms with van der Waals surface area (Å²) in [5, 5.41) is 5.76. The number of carbonyl (C=O) groups excluding carboxylic acids is 2. The highest BCUT2D eigenvalue weighted by atomic mass is 16.5. The Balaban J connectivity index is 1.43. The standard InChI is InChI=1S/C29H37N5O3/c1-21-8-7-11-23(20-21)30-29(36)32-27-28(35)34(15-14-33-16-18-37-19-17-33)25-13-6-5-12-24(25)26(31-27)22-9-3-2-4-10-22/h5-8,11-13,20,22,27H,2-4,9-10,14-19H2,1H3,(H2,30,32,36)/t27-/m0/s1. The molecule has 3 aliphatic rings. The topological polar surface area (TPSA) is 86.3 Å². The number of urea groups is 1. The summed E-state index contributed by atoms with van der Waals surface area (Å²) in [6.07, 6.45) is 4.67. The van der Waals surface area contributed by atoms with Crippen molar-refractivity contribution in [2.45, 2.75) is 45.2 Å². The van der Waals surface area contributed by atoms with Gasteiger partial charge < -0.3 is 20.3 Å². The van der Waals surface area contributed by atoms with Crippen LogP contribution in [-0.4, -0.2) is 68.1 Å². The van der Waals surface area contributed by atoms with Crippen LogP contribution in [0.25, 0.3) is 0 Å². The van der Waals surface area contributed by atoms with E-state index in [1.165, 1.54) is 6.42 Å². The minimum Gasteiger partial charge on any atom is -0.379 e. The molecule has 3 amide bonds. The molecule has 2 aromatic carbocycles. The smallest absolute Gasteiger partial charge is 0.321 e. The van der Waals surface area contributed by atoms with E-state index in [4.69, 9.17) is 9.73 Å². The first-order chi connectivity index (χ1) is 18.1. The average molecular weight is 504 g/mol. The van der Waals surface area contributed by atoms with Gasteiger partial charge in [0.25, 0.3) is 5.91 Å². The summed E-state index contributed by atoms with van der Waals surface area (Å²) in [5.41, 5.74) is 4.56. The number of morpholine rings is 1. The van der Waals surface area contributed by atoms with E-state index < -0.39 is 12.2 Å². The van der Waals surface area contributed by atoms with Gasteiger partial charge in [-0.2, -0.15) is 0 Å². The van der Waals surface area contributed by atoms with Crippen LogP contribution in [0.5, 0.6) is 0 Å². The summed E-state index contributed by atoms with van der Waals surface area (Å²) in [7, 11) is 0. The number of anilines is 2. The monoisotopic (exact) mass is 503 g/mol. The van der Waals surface area contributed by atoms with Crippen LogP contribution in [0.1, 0.15) is 43.2 Å². The van der Waals surface area contributed by atoms with Crippen LogP contribution in [0.2, 0.25) is 0 Å². The largest absolute Gasteiger partial charge is 0.379 e. The van der Waals surface area contributed by atoms with Crippen LogP contribution in [0.15, 0.2) is 53.5 Å². The molecule has 1 aliphatic carbocycles. The summed E-state index contributed by atoms with van der Waals surface area (Å²) in [6, 6.07) is 15.2.